The molecule has 0 saturated carbocycles. The van der Waals surface area contributed by atoms with Gasteiger partial charge < -0.3 is 5.73 Å². The number of aromatic nitrogens is 4. The molecule has 3 heterocycles. The minimum atomic E-state index is 0.439. The molecule has 0 bridgehead atoms. The zero-order chi connectivity index (χ0) is 14.2. The van der Waals surface area contributed by atoms with E-state index in [0.717, 1.165) is 23.2 Å². The van der Waals surface area contributed by atoms with E-state index in [1.165, 1.54) is 11.9 Å². The van der Waals surface area contributed by atoms with E-state index in [2.05, 4.69) is 32.2 Å². The van der Waals surface area contributed by atoms with Gasteiger partial charge in [-0.3, -0.25) is 4.99 Å². The number of hydrogen-bond donors (Lipinski definition) is 1. The minimum absolute atomic E-state index is 0.439. The van der Waals surface area contributed by atoms with Gasteiger partial charge in [0.05, 0.1) is 23.8 Å². The summed E-state index contributed by atoms with van der Waals surface area (Å²) in [5.74, 6) is 0.439. The first-order valence-corrected chi connectivity index (χ1v) is 6.57. The summed E-state index contributed by atoms with van der Waals surface area (Å²) < 4.78 is 1.77. The second-order valence-electron chi connectivity index (χ2n) is 4.78. The van der Waals surface area contributed by atoms with Gasteiger partial charge in [0.2, 0.25) is 0 Å². The maximum absolute atomic E-state index is 5.85. The highest BCUT2D eigenvalue weighted by atomic mass is 15.3. The van der Waals surface area contributed by atoms with Gasteiger partial charge in [0, 0.05) is 6.21 Å². The molecule has 0 unspecified atom stereocenters. The van der Waals surface area contributed by atoms with Crippen molar-refractivity contribution < 1.29 is 0 Å². The molecule has 1 aliphatic heterocycles. The normalized spacial score (nSPS) is 13.8. The first-order chi connectivity index (χ1) is 10.3. The number of hydrogen-bond acceptors (Lipinski definition) is 5. The highest BCUT2D eigenvalue weighted by Crippen LogP contribution is 2.23. The Morgan fingerprint density at radius 1 is 1.19 bits per heavy atom. The summed E-state index contributed by atoms with van der Waals surface area (Å²) in [5.41, 5.74) is 9.82. The molecule has 6 heteroatoms. The van der Waals surface area contributed by atoms with E-state index in [4.69, 9.17) is 5.73 Å². The van der Waals surface area contributed by atoms with Crippen molar-refractivity contribution in [3.05, 3.63) is 48.4 Å². The molecule has 1 aromatic carbocycles. The van der Waals surface area contributed by atoms with E-state index < -0.39 is 0 Å². The number of nitrogen functional groups attached to an aromatic ring is 1. The van der Waals surface area contributed by atoms with Crippen LogP contribution >= 0.6 is 0 Å². The summed E-state index contributed by atoms with van der Waals surface area (Å²) >= 11 is 0. The Hall–Kier alpha value is -3.02. The van der Waals surface area contributed by atoms with Crippen LogP contribution in [0.2, 0.25) is 0 Å². The van der Waals surface area contributed by atoms with E-state index in [0.29, 0.717) is 11.5 Å². The van der Waals surface area contributed by atoms with Crippen LogP contribution in [0, 0.1) is 0 Å². The maximum atomic E-state index is 5.85. The molecule has 1 aliphatic rings. The van der Waals surface area contributed by atoms with Crippen LogP contribution in [0.25, 0.3) is 22.3 Å². The molecular formula is C15H12N6. The van der Waals surface area contributed by atoms with Crippen molar-refractivity contribution in [3.63, 3.8) is 0 Å². The summed E-state index contributed by atoms with van der Waals surface area (Å²) in [4.78, 5) is 12.5. The number of nitrogens with zero attached hydrogens (tertiary/aromatic N) is 5. The number of rotatable bonds is 2. The first-order valence-electron chi connectivity index (χ1n) is 6.57. The SMILES string of the molecule is Nc1ncnc2c1cnn2-c1cccc(C2=CC=NC2)c1. The van der Waals surface area contributed by atoms with Gasteiger partial charge in [0.1, 0.15) is 12.1 Å². The second-order valence-corrected chi connectivity index (χ2v) is 4.78. The Bertz CT molecular complexity index is 890. The molecule has 0 spiro atoms. The number of aliphatic imine (C=N–C) groups is 1. The summed E-state index contributed by atoms with van der Waals surface area (Å²) in [6.45, 7) is 0.721. The van der Waals surface area contributed by atoms with Crippen LogP contribution in [-0.4, -0.2) is 32.5 Å². The van der Waals surface area contributed by atoms with Gasteiger partial charge in [0.25, 0.3) is 0 Å². The molecule has 21 heavy (non-hydrogen) atoms. The van der Waals surface area contributed by atoms with Crippen LogP contribution in [-0.2, 0) is 0 Å². The summed E-state index contributed by atoms with van der Waals surface area (Å²) in [6.07, 6.45) is 7.00. The maximum Gasteiger partial charge on any atom is 0.168 e. The molecule has 2 aromatic heterocycles. The Labute approximate surface area is 120 Å². The number of fused-ring (bicyclic) bond motifs is 1. The third kappa shape index (κ3) is 1.88. The van der Waals surface area contributed by atoms with Crippen molar-refractivity contribution in [2.24, 2.45) is 4.99 Å². The van der Waals surface area contributed by atoms with Gasteiger partial charge in [-0.2, -0.15) is 5.10 Å². The van der Waals surface area contributed by atoms with E-state index in [1.807, 2.05) is 24.4 Å². The van der Waals surface area contributed by atoms with Crippen molar-refractivity contribution in [1.29, 1.82) is 0 Å². The van der Waals surface area contributed by atoms with E-state index in [9.17, 15) is 0 Å². The van der Waals surface area contributed by atoms with Gasteiger partial charge in [-0.05, 0) is 29.3 Å². The van der Waals surface area contributed by atoms with E-state index in [1.54, 1.807) is 10.9 Å². The fraction of sp³-hybridized carbons (Fsp3) is 0.0667. The molecule has 0 radical (unpaired) electrons. The minimum Gasteiger partial charge on any atom is -0.383 e. The van der Waals surface area contributed by atoms with Crippen LogP contribution in [0.15, 0.2) is 47.9 Å². The Morgan fingerprint density at radius 2 is 2.14 bits per heavy atom. The van der Waals surface area contributed by atoms with Crippen molar-refractivity contribution in [2.75, 3.05) is 12.3 Å². The fourth-order valence-corrected chi connectivity index (χ4v) is 2.42. The molecule has 0 saturated heterocycles. The quantitative estimate of drug-likeness (QED) is 0.774. The average Bonchev–Trinajstić information content (AvgIpc) is 3.18. The molecule has 3 aromatic rings. The summed E-state index contributed by atoms with van der Waals surface area (Å²) in [5, 5.41) is 5.13. The lowest BCUT2D eigenvalue weighted by Gasteiger charge is -2.06. The third-order valence-corrected chi connectivity index (χ3v) is 3.50. The van der Waals surface area contributed by atoms with Crippen molar-refractivity contribution in [2.45, 2.75) is 0 Å². The molecular weight excluding hydrogens is 264 g/mol. The zero-order valence-electron chi connectivity index (χ0n) is 11.1. The van der Waals surface area contributed by atoms with Crippen molar-refractivity contribution in [1.82, 2.24) is 19.7 Å². The van der Waals surface area contributed by atoms with Crippen LogP contribution in [0.3, 0.4) is 0 Å². The van der Waals surface area contributed by atoms with Crippen LogP contribution in [0.1, 0.15) is 5.56 Å². The van der Waals surface area contributed by atoms with Crippen LogP contribution < -0.4 is 5.73 Å². The molecule has 0 amide bonds. The standard InChI is InChI=1S/C15H12N6/c16-14-13-8-20-21(15(13)19-9-18-14)12-3-1-2-10(6-12)11-4-5-17-7-11/h1-6,8-9H,7H2,(H2,16,18,19). The Kier molecular flexibility index (Phi) is 2.53. The molecule has 4 rings (SSSR count). The Balaban J connectivity index is 1.85. The highest BCUT2D eigenvalue weighted by Gasteiger charge is 2.11. The number of anilines is 1. The topological polar surface area (TPSA) is 82.0 Å². The second kappa shape index (κ2) is 4.52. The average molecular weight is 276 g/mol. The van der Waals surface area contributed by atoms with Gasteiger partial charge in [0.15, 0.2) is 5.65 Å². The van der Waals surface area contributed by atoms with Crippen molar-refractivity contribution >= 4 is 28.6 Å². The summed E-state index contributed by atoms with van der Waals surface area (Å²) in [7, 11) is 0. The Morgan fingerprint density at radius 3 is 3.00 bits per heavy atom. The van der Waals surface area contributed by atoms with Crippen molar-refractivity contribution in [3.8, 4) is 5.69 Å². The lowest BCUT2D eigenvalue weighted by Crippen LogP contribution is -2.00. The smallest absolute Gasteiger partial charge is 0.168 e. The van der Waals surface area contributed by atoms with Crippen LogP contribution in [0.5, 0.6) is 0 Å². The molecule has 0 atom stereocenters. The van der Waals surface area contributed by atoms with Gasteiger partial charge in [-0.25, -0.2) is 14.6 Å². The number of nitrogens with two attached hydrogens (primary N) is 1. The molecule has 6 nitrogen and oxygen atoms in total. The van der Waals surface area contributed by atoms with Gasteiger partial charge >= 0.3 is 0 Å². The first kappa shape index (κ1) is 11.8. The molecule has 0 fully saturated rings. The zero-order valence-corrected chi connectivity index (χ0v) is 11.1. The molecule has 102 valence electrons. The number of benzene rings is 1. The van der Waals surface area contributed by atoms with Crippen LogP contribution in [0.4, 0.5) is 5.82 Å². The van der Waals surface area contributed by atoms with Gasteiger partial charge in [-0.1, -0.05) is 12.1 Å². The highest BCUT2D eigenvalue weighted by molar-refractivity contribution is 5.90. The number of allylic oxidation sites excluding steroid dienone is 1. The monoisotopic (exact) mass is 276 g/mol. The van der Waals surface area contributed by atoms with E-state index >= 15 is 0 Å². The van der Waals surface area contributed by atoms with E-state index in [-0.39, 0.29) is 0 Å². The van der Waals surface area contributed by atoms with Gasteiger partial charge in [-0.15, -0.1) is 0 Å². The fourth-order valence-electron chi connectivity index (χ4n) is 2.42. The lowest BCUT2D eigenvalue weighted by atomic mass is 10.1. The lowest BCUT2D eigenvalue weighted by molar-refractivity contribution is 0.894. The largest absolute Gasteiger partial charge is 0.383 e. The predicted octanol–water partition coefficient (Wildman–Crippen LogP) is 1.87. The predicted molar refractivity (Wildman–Crippen MR) is 82.4 cm³/mol. The summed E-state index contributed by atoms with van der Waals surface area (Å²) in [6, 6.07) is 8.14. The molecule has 0 aliphatic carbocycles. The third-order valence-electron chi connectivity index (χ3n) is 3.50. The molecule has 2 N–H and O–H groups in total.